The van der Waals surface area contributed by atoms with Crippen LogP contribution < -0.4 is 5.32 Å². The van der Waals surface area contributed by atoms with Gasteiger partial charge >= 0.3 is 6.03 Å². The largest absolute Gasteiger partial charge is 0.379 e. The molecule has 140 valence electrons. The minimum atomic E-state index is 0.0373. The van der Waals surface area contributed by atoms with E-state index < -0.39 is 0 Å². The second-order valence-corrected chi connectivity index (χ2v) is 7.40. The average Bonchev–Trinajstić information content (AvgIpc) is 3.19. The Labute approximate surface area is 150 Å². The van der Waals surface area contributed by atoms with Gasteiger partial charge in [0.05, 0.1) is 24.9 Å². The van der Waals surface area contributed by atoms with Gasteiger partial charge in [0.25, 0.3) is 0 Å². The van der Waals surface area contributed by atoms with Crippen molar-refractivity contribution in [2.75, 3.05) is 32.8 Å². The van der Waals surface area contributed by atoms with Crippen LogP contribution in [0.25, 0.3) is 0 Å². The molecule has 0 saturated carbocycles. The SMILES string of the molecule is Cc1n[nH]c(C)c1[C@@H]1CCCN1C(=O)NC[C@H](C)N1CCOC[C@@H]1C. The number of aromatic amines is 1. The number of nitrogens with zero attached hydrogens (tertiary/aromatic N) is 3. The Morgan fingerprint density at radius 3 is 2.92 bits per heavy atom. The van der Waals surface area contributed by atoms with Crippen molar-refractivity contribution in [3.05, 3.63) is 17.0 Å². The molecule has 1 aromatic rings. The predicted molar refractivity (Wildman–Crippen MR) is 96.6 cm³/mol. The van der Waals surface area contributed by atoms with Gasteiger partial charge in [0.2, 0.25) is 0 Å². The molecule has 2 saturated heterocycles. The summed E-state index contributed by atoms with van der Waals surface area (Å²) in [6.07, 6.45) is 2.04. The number of hydrogen-bond acceptors (Lipinski definition) is 4. The van der Waals surface area contributed by atoms with Crippen molar-refractivity contribution >= 4 is 6.03 Å². The molecule has 0 bridgehead atoms. The molecule has 0 radical (unpaired) electrons. The van der Waals surface area contributed by atoms with Crippen molar-refractivity contribution < 1.29 is 9.53 Å². The lowest BCUT2D eigenvalue weighted by molar-refractivity contribution is -0.0178. The lowest BCUT2D eigenvalue weighted by atomic mass is 10.0. The number of amides is 2. The van der Waals surface area contributed by atoms with Crippen molar-refractivity contribution in [1.29, 1.82) is 0 Å². The molecule has 25 heavy (non-hydrogen) atoms. The van der Waals surface area contributed by atoms with Gasteiger partial charge in [-0.25, -0.2) is 4.79 Å². The highest BCUT2D eigenvalue weighted by molar-refractivity contribution is 5.75. The molecule has 2 aliphatic rings. The number of morpholine rings is 1. The maximum atomic E-state index is 12.8. The molecule has 0 aromatic carbocycles. The number of carbonyl (C=O) groups is 1. The fraction of sp³-hybridized carbons (Fsp3) is 0.778. The second kappa shape index (κ2) is 7.74. The number of aryl methyl sites for hydroxylation is 2. The molecule has 0 aliphatic carbocycles. The molecule has 3 atom stereocenters. The first kappa shape index (κ1) is 18.2. The van der Waals surface area contributed by atoms with Crippen molar-refractivity contribution in [3.63, 3.8) is 0 Å². The molecule has 2 aliphatic heterocycles. The lowest BCUT2D eigenvalue weighted by Gasteiger charge is -2.38. The Morgan fingerprint density at radius 2 is 2.24 bits per heavy atom. The number of likely N-dealkylation sites (tertiary alicyclic amines) is 1. The van der Waals surface area contributed by atoms with Crippen LogP contribution in [0.2, 0.25) is 0 Å². The van der Waals surface area contributed by atoms with Crippen LogP contribution in [0.15, 0.2) is 0 Å². The van der Waals surface area contributed by atoms with Gasteiger partial charge in [-0.3, -0.25) is 10.00 Å². The van der Waals surface area contributed by atoms with E-state index in [1.807, 2.05) is 18.7 Å². The molecule has 3 heterocycles. The third-order valence-corrected chi connectivity index (χ3v) is 5.57. The summed E-state index contributed by atoms with van der Waals surface area (Å²) in [5.41, 5.74) is 3.25. The summed E-state index contributed by atoms with van der Waals surface area (Å²) in [6.45, 7) is 12.3. The molecule has 0 unspecified atom stereocenters. The molecule has 0 spiro atoms. The molecule has 1 aromatic heterocycles. The fourth-order valence-corrected chi connectivity index (χ4v) is 4.21. The number of ether oxygens (including phenoxy) is 1. The second-order valence-electron chi connectivity index (χ2n) is 7.40. The Balaban J connectivity index is 1.59. The predicted octanol–water partition coefficient (Wildman–Crippen LogP) is 1.98. The molecule has 2 fully saturated rings. The minimum absolute atomic E-state index is 0.0373. The Bertz CT molecular complexity index is 583. The number of aromatic nitrogens is 2. The molecular weight excluding hydrogens is 318 g/mol. The first-order chi connectivity index (χ1) is 12.0. The fourth-order valence-electron chi connectivity index (χ4n) is 4.21. The van der Waals surface area contributed by atoms with Crippen LogP contribution in [0.1, 0.15) is 49.7 Å². The number of urea groups is 1. The van der Waals surface area contributed by atoms with Crippen LogP contribution in [0, 0.1) is 13.8 Å². The van der Waals surface area contributed by atoms with Gasteiger partial charge in [0.15, 0.2) is 0 Å². The molecular formula is C18H31N5O2. The highest BCUT2D eigenvalue weighted by Crippen LogP contribution is 2.34. The Kier molecular flexibility index (Phi) is 5.64. The van der Waals surface area contributed by atoms with E-state index in [1.165, 1.54) is 5.56 Å². The van der Waals surface area contributed by atoms with Gasteiger partial charge in [-0.1, -0.05) is 0 Å². The lowest BCUT2D eigenvalue weighted by Crippen LogP contribution is -2.53. The monoisotopic (exact) mass is 349 g/mol. The number of rotatable bonds is 4. The zero-order valence-electron chi connectivity index (χ0n) is 15.8. The molecule has 2 amide bonds. The third-order valence-electron chi connectivity index (χ3n) is 5.57. The zero-order chi connectivity index (χ0) is 18.0. The summed E-state index contributed by atoms with van der Waals surface area (Å²) < 4.78 is 5.50. The number of H-pyrrole nitrogens is 1. The van der Waals surface area contributed by atoms with Crippen LogP contribution in [-0.2, 0) is 4.74 Å². The average molecular weight is 349 g/mol. The van der Waals surface area contributed by atoms with Gasteiger partial charge in [-0.05, 0) is 40.5 Å². The minimum Gasteiger partial charge on any atom is -0.379 e. The van der Waals surface area contributed by atoms with E-state index in [1.54, 1.807) is 0 Å². The summed E-state index contributed by atoms with van der Waals surface area (Å²) in [4.78, 5) is 17.2. The van der Waals surface area contributed by atoms with E-state index in [0.717, 1.165) is 50.5 Å². The summed E-state index contributed by atoms with van der Waals surface area (Å²) in [6, 6.07) is 0.879. The van der Waals surface area contributed by atoms with Crippen molar-refractivity contribution in [2.45, 2.75) is 58.7 Å². The quantitative estimate of drug-likeness (QED) is 0.872. The molecule has 3 rings (SSSR count). The van der Waals surface area contributed by atoms with Crippen LogP contribution in [-0.4, -0.2) is 71.0 Å². The summed E-state index contributed by atoms with van der Waals surface area (Å²) in [7, 11) is 0. The number of carbonyl (C=O) groups excluding carboxylic acids is 1. The summed E-state index contributed by atoms with van der Waals surface area (Å²) in [5.74, 6) is 0. The summed E-state index contributed by atoms with van der Waals surface area (Å²) >= 11 is 0. The standard InChI is InChI=1S/C18H31N5O2/c1-12(22-8-9-25-11-13(22)2)10-19-18(24)23-7-5-6-16(23)17-14(3)20-21-15(17)4/h12-13,16H,5-11H2,1-4H3,(H,19,24)(H,20,21)/t12-,13-,16-/m0/s1. The van der Waals surface area contributed by atoms with E-state index in [4.69, 9.17) is 4.74 Å². The van der Waals surface area contributed by atoms with Gasteiger partial charge in [0, 0.05) is 43.0 Å². The van der Waals surface area contributed by atoms with Crippen LogP contribution in [0.3, 0.4) is 0 Å². The van der Waals surface area contributed by atoms with Gasteiger partial charge in [0.1, 0.15) is 0 Å². The number of nitrogens with one attached hydrogen (secondary N) is 2. The highest BCUT2D eigenvalue weighted by Gasteiger charge is 2.33. The third kappa shape index (κ3) is 3.82. The van der Waals surface area contributed by atoms with Gasteiger partial charge < -0.3 is 15.0 Å². The number of hydrogen-bond donors (Lipinski definition) is 2. The van der Waals surface area contributed by atoms with Gasteiger partial charge in [-0.2, -0.15) is 5.10 Å². The highest BCUT2D eigenvalue weighted by atomic mass is 16.5. The zero-order valence-corrected chi connectivity index (χ0v) is 15.8. The van der Waals surface area contributed by atoms with Crippen molar-refractivity contribution in [3.8, 4) is 0 Å². The Morgan fingerprint density at radius 1 is 1.44 bits per heavy atom. The van der Waals surface area contributed by atoms with E-state index in [0.29, 0.717) is 18.6 Å². The molecule has 7 nitrogen and oxygen atoms in total. The maximum Gasteiger partial charge on any atom is 0.317 e. The van der Waals surface area contributed by atoms with E-state index in [9.17, 15) is 4.79 Å². The van der Waals surface area contributed by atoms with Crippen LogP contribution in [0.5, 0.6) is 0 Å². The first-order valence-corrected chi connectivity index (χ1v) is 9.38. The van der Waals surface area contributed by atoms with Crippen LogP contribution >= 0.6 is 0 Å². The van der Waals surface area contributed by atoms with E-state index in [-0.39, 0.29) is 12.1 Å². The topological polar surface area (TPSA) is 73.5 Å². The van der Waals surface area contributed by atoms with Crippen molar-refractivity contribution in [1.82, 2.24) is 25.3 Å². The van der Waals surface area contributed by atoms with E-state index >= 15 is 0 Å². The smallest absolute Gasteiger partial charge is 0.317 e. The Hall–Kier alpha value is -1.60. The van der Waals surface area contributed by atoms with Crippen molar-refractivity contribution in [2.24, 2.45) is 0 Å². The normalized spacial score (nSPS) is 26.0. The molecule has 2 N–H and O–H groups in total. The van der Waals surface area contributed by atoms with Crippen LogP contribution in [0.4, 0.5) is 4.79 Å². The molecule has 7 heteroatoms. The van der Waals surface area contributed by atoms with E-state index in [2.05, 4.69) is 34.3 Å². The van der Waals surface area contributed by atoms with Gasteiger partial charge in [-0.15, -0.1) is 0 Å². The maximum absolute atomic E-state index is 12.8. The first-order valence-electron chi connectivity index (χ1n) is 9.38. The summed E-state index contributed by atoms with van der Waals surface area (Å²) in [5, 5.41) is 10.5.